The molecule has 1 unspecified atom stereocenters. The number of sulfonamides is 1. The van der Waals surface area contributed by atoms with E-state index in [-0.39, 0.29) is 39.1 Å². The smallest absolute Gasteiger partial charge is 0.271 e. The summed E-state index contributed by atoms with van der Waals surface area (Å²) in [5.74, 6) is -0.481. The normalized spacial score (nSPS) is 20.5. The molecule has 1 saturated heterocycles. The molecule has 2 aromatic carbocycles. The van der Waals surface area contributed by atoms with Gasteiger partial charge in [-0.2, -0.15) is 5.26 Å². The summed E-state index contributed by atoms with van der Waals surface area (Å²) >= 11 is 0. The van der Waals surface area contributed by atoms with Crippen molar-refractivity contribution in [2.45, 2.75) is 35.7 Å². The van der Waals surface area contributed by atoms with Gasteiger partial charge in [-0.15, -0.1) is 0 Å². The number of carbonyl (C=O) groups excluding carboxylic acids is 2. The minimum Gasteiger partial charge on any atom is -0.497 e. The lowest BCUT2D eigenvalue weighted by Crippen LogP contribution is -2.62. The topological polar surface area (TPSA) is 133 Å². The number of benzene rings is 2. The van der Waals surface area contributed by atoms with Gasteiger partial charge in [-0.3, -0.25) is 14.5 Å². The van der Waals surface area contributed by atoms with Crippen molar-refractivity contribution in [1.82, 2.24) is 14.8 Å². The van der Waals surface area contributed by atoms with Gasteiger partial charge in [0.05, 0.1) is 42.5 Å². The van der Waals surface area contributed by atoms with Gasteiger partial charge in [-0.1, -0.05) is 6.42 Å². The maximum absolute atomic E-state index is 15.1. The first-order valence-electron chi connectivity index (χ1n) is 13.4. The molecule has 0 N–H and O–H groups in total. The van der Waals surface area contributed by atoms with E-state index in [1.165, 1.54) is 67.8 Å². The van der Waals surface area contributed by atoms with Crippen molar-refractivity contribution in [3.63, 3.8) is 0 Å². The largest absolute Gasteiger partial charge is 0.497 e. The van der Waals surface area contributed by atoms with E-state index in [0.717, 1.165) is 10.7 Å². The van der Waals surface area contributed by atoms with Crippen LogP contribution >= 0.6 is 0 Å². The molecule has 2 atom stereocenters. The zero-order chi connectivity index (χ0) is 30.2. The molecule has 0 bridgehead atoms. The number of hydrogen-bond donors (Lipinski definition) is 0. The van der Waals surface area contributed by atoms with Crippen molar-refractivity contribution in [3.05, 3.63) is 77.5 Å². The first-order valence-corrected chi connectivity index (χ1v) is 14.8. The lowest BCUT2D eigenvalue weighted by atomic mass is 9.79. The van der Waals surface area contributed by atoms with E-state index in [2.05, 4.69) is 11.1 Å². The summed E-state index contributed by atoms with van der Waals surface area (Å²) in [5.41, 5.74) is -1.00. The van der Waals surface area contributed by atoms with Crippen LogP contribution in [0.4, 0.5) is 5.69 Å². The predicted molar refractivity (Wildman–Crippen MR) is 153 cm³/mol. The average molecular weight is 590 g/mol. The number of likely N-dealkylation sites (N-methyl/N-ethyl adjacent to an activating group) is 1. The van der Waals surface area contributed by atoms with E-state index in [4.69, 9.17) is 9.47 Å². The third-order valence-corrected chi connectivity index (χ3v) is 9.55. The number of ether oxygens (including phenoxy) is 2. The fourth-order valence-corrected chi connectivity index (χ4v) is 7.40. The SMILES string of the molecule is COc1ccc(S(=O)(=O)N2C(=O)[C@](c3cccnc3OC)(N3CCCCC3C(=O)N(C)C)c3cc(C#N)ccc32)cc1. The molecule has 1 aromatic heterocycles. The summed E-state index contributed by atoms with van der Waals surface area (Å²) in [7, 11) is 1.69. The number of likely N-dealkylation sites (tertiary alicyclic amines) is 1. The molecule has 1 fully saturated rings. The Bertz CT molecular complexity index is 1680. The highest BCUT2D eigenvalue weighted by molar-refractivity contribution is 7.93. The van der Waals surface area contributed by atoms with Gasteiger partial charge in [-0.05, 0) is 67.4 Å². The van der Waals surface area contributed by atoms with E-state index in [9.17, 15) is 18.5 Å². The molecule has 0 aliphatic carbocycles. The second kappa shape index (κ2) is 11.1. The Morgan fingerprint density at radius 1 is 1.07 bits per heavy atom. The van der Waals surface area contributed by atoms with Crippen LogP contribution in [0.15, 0.2) is 65.7 Å². The molecule has 3 aromatic rings. The second-order valence-corrected chi connectivity index (χ2v) is 12.1. The van der Waals surface area contributed by atoms with Gasteiger partial charge >= 0.3 is 0 Å². The lowest BCUT2D eigenvalue weighted by molar-refractivity contribution is -0.142. The van der Waals surface area contributed by atoms with Gasteiger partial charge in [0.2, 0.25) is 11.8 Å². The van der Waals surface area contributed by atoms with E-state index in [1.807, 2.05) is 0 Å². The monoisotopic (exact) mass is 589 g/mol. The second-order valence-electron chi connectivity index (χ2n) is 10.3. The molecular formula is C30H31N5O6S. The minimum atomic E-state index is -4.48. The molecule has 2 aliphatic heterocycles. The van der Waals surface area contributed by atoms with Crippen LogP contribution < -0.4 is 13.8 Å². The van der Waals surface area contributed by atoms with E-state index in [0.29, 0.717) is 25.1 Å². The number of anilines is 1. The van der Waals surface area contributed by atoms with E-state index >= 15 is 4.79 Å². The fourth-order valence-electron chi connectivity index (χ4n) is 5.94. The summed E-state index contributed by atoms with van der Waals surface area (Å²) in [6, 6.07) is 14.8. The van der Waals surface area contributed by atoms with E-state index < -0.39 is 27.5 Å². The molecule has 0 saturated carbocycles. The number of nitrogens with zero attached hydrogens (tertiary/aromatic N) is 5. The molecule has 3 heterocycles. The molecule has 0 radical (unpaired) electrons. The Morgan fingerprint density at radius 2 is 1.81 bits per heavy atom. The van der Waals surface area contributed by atoms with Crippen LogP contribution in [0.2, 0.25) is 0 Å². The zero-order valence-corrected chi connectivity index (χ0v) is 24.6. The highest BCUT2D eigenvalue weighted by Crippen LogP contribution is 2.54. The van der Waals surface area contributed by atoms with Crippen molar-refractivity contribution in [2.75, 3.05) is 39.2 Å². The molecule has 11 nitrogen and oxygen atoms in total. The van der Waals surface area contributed by atoms with E-state index in [1.54, 1.807) is 31.1 Å². The van der Waals surface area contributed by atoms with Gasteiger partial charge in [-0.25, -0.2) is 17.7 Å². The summed E-state index contributed by atoms with van der Waals surface area (Å²) in [6.45, 7) is 0.306. The minimum absolute atomic E-state index is 0.0855. The Labute approximate surface area is 244 Å². The van der Waals surface area contributed by atoms with Gasteiger partial charge in [0, 0.05) is 38.0 Å². The molecule has 2 aliphatic rings. The Hall–Kier alpha value is -4.47. The number of fused-ring (bicyclic) bond motifs is 1. The van der Waals surface area contributed by atoms with Crippen LogP contribution in [0.25, 0.3) is 0 Å². The van der Waals surface area contributed by atoms with Gasteiger partial charge in [0.15, 0.2) is 5.54 Å². The quantitative estimate of drug-likeness (QED) is 0.408. The number of methoxy groups -OCH3 is 2. The Morgan fingerprint density at radius 3 is 2.45 bits per heavy atom. The molecule has 0 spiro atoms. The molecular weight excluding hydrogens is 558 g/mol. The van der Waals surface area contributed by atoms with Crippen LogP contribution in [-0.4, -0.2) is 75.9 Å². The maximum atomic E-state index is 15.1. The Balaban J connectivity index is 1.86. The van der Waals surface area contributed by atoms with Crippen LogP contribution in [0.5, 0.6) is 11.6 Å². The summed E-state index contributed by atoms with van der Waals surface area (Å²) < 4.78 is 40.2. The summed E-state index contributed by atoms with van der Waals surface area (Å²) in [5, 5.41) is 9.86. The Kier molecular flexibility index (Phi) is 7.66. The molecule has 12 heteroatoms. The standard InChI is InChI=1S/C30H31N5O6S/c1-33(2)28(36)26-9-5-6-17-34(26)30(23-8-7-16-32-27(23)41-4)24-18-20(19-31)10-15-25(24)35(29(30)37)42(38,39)22-13-11-21(40-3)12-14-22/h7-8,10-16,18,26H,5-6,9,17H2,1-4H3/t26?,30-/m1/s1. The number of carbonyl (C=O) groups is 2. The van der Waals surface area contributed by atoms with Gasteiger partial charge in [0.25, 0.3) is 15.9 Å². The molecule has 5 rings (SSSR count). The van der Waals surface area contributed by atoms with Crippen molar-refractivity contribution < 1.29 is 27.5 Å². The first kappa shape index (κ1) is 29.0. The third-order valence-electron chi connectivity index (χ3n) is 7.84. The van der Waals surface area contributed by atoms with Gasteiger partial charge in [0.1, 0.15) is 5.75 Å². The number of amides is 2. The molecule has 218 valence electrons. The summed E-state index contributed by atoms with van der Waals surface area (Å²) in [6.07, 6.45) is 3.36. The number of aromatic nitrogens is 1. The van der Waals surface area contributed by atoms with Crippen LogP contribution in [-0.2, 0) is 25.2 Å². The lowest BCUT2D eigenvalue weighted by Gasteiger charge is -2.47. The highest BCUT2D eigenvalue weighted by Gasteiger charge is 2.62. The van der Waals surface area contributed by atoms with Crippen LogP contribution in [0, 0.1) is 11.3 Å². The third kappa shape index (κ3) is 4.36. The van der Waals surface area contributed by atoms with Crippen molar-refractivity contribution in [1.29, 1.82) is 5.26 Å². The van der Waals surface area contributed by atoms with Crippen molar-refractivity contribution in [2.24, 2.45) is 0 Å². The summed E-state index contributed by atoms with van der Waals surface area (Å²) in [4.78, 5) is 36.2. The number of nitriles is 1. The van der Waals surface area contributed by atoms with Crippen molar-refractivity contribution >= 4 is 27.5 Å². The zero-order valence-electron chi connectivity index (χ0n) is 23.8. The number of hydrogen-bond acceptors (Lipinski definition) is 9. The fraction of sp³-hybridized carbons (Fsp3) is 0.333. The molecule has 2 amide bonds. The molecule has 42 heavy (non-hydrogen) atoms. The maximum Gasteiger partial charge on any atom is 0.271 e. The highest BCUT2D eigenvalue weighted by atomic mass is 32.2. The number of rotatable bonds is 7. The number of pyridine rings is 1. The first-order chi connectivity index (χ1) is 20.1. The van der Waals surface area contributed by atoms with Gasteiger partial charge < -0.3 is 14.4 Å². The van der Waals surface area contributed by atoms with Crippen molar-refractivity contribution in [3.8, 4) is 17.7 Å². The van der Waals surface area contributed by atoms with Crippen LogP contribution in [0.3, 0.4) is 0 Å². The predicted octanol–water partition coefficient (Wildman–Crippen LogP) is 2.89. The van der Waals surface area contributed by atoms with Crippen LogP contribution in [0.1, 0.15) is 36.0 Å². The number of piperidine rings is 1. The average Bonchev–Trinajstić information content (AvgIpc) is 3.28.